The number of aryl methyl sites for hydroxylation is 1. The van der Waals surface area contributed by atoms with E-state index in [1.165, 1.54) is 46.0 Å². The minimum Gasteiger partial charge on any atom is -0.389 e. The normalized spacial score (nSPS) is 14.6. The molecule has 0 saturated carbocycles. The summed E-state index contributed by atoms with van der Waals surface area (Å²) in [5.74, 6) is 1.23. The van der Waals surface area contributed by atoms with Crippen LogP contribution in [0.2, 0.25) is 0 Å². The lowest BCUT2D eigenvalue weighted by atomic mass is 10.0. The van der Waals surface area contributed by atoms with Crippen LogP contribution in [0.5, 0.6) is 0 Å². The number of thiazole rings is 1. The molecule has 1 aliphatic rings. The highest BCUT2D eigenvalue weighted by atomic mass is 32.2. The first kappa shape index (κ1) is 11.3. The maximum atomic E-state index is 9.03. The van der Waals surface area contributed by atoms with E-state index in [1.807, 2.05) is 17.1 Å². The van der Waals surface area contributed by atoms with Gasteiger partial charge in [-0.15, -0.1) is 23.1 Å². The number of rotatable bonds is 2. The molecule has 1 aliphatic heterocycles. The van der Waals surface area contributed by atoms with Crippen LogP contribution in [0.15, 0.2) is 28.5 Å². The largest absolute Gasteiger partial charge is 0.389 e. The van der Waals surface area contributed by atoms with Gasteiger partial charge in [0.05, 0.1) is 12.3 Å². The Kier molecular flexibility index (Phi) is 3.18. The average molecular weight is 263 g/mol. The summed E-state index contributed by atoms with van der Waals surface area (Å²) in [4.78, 5) is 5.82. The van der Waals surface area contributed by atoms with Crippen LogP contribution in [-0.4, -0.2) is 15.8 Å². The predicted molar refractivity (Wildman–Crippen MR) is 72.5 cm³/mol. The topological polar surface area (TPSA) is 33.1 Å². The molecule has 1 N–H and O–H groups in total. The van der Waals surface area contributed by atoms with Gasteiger partial charge in [0.15, 0.2) is 0 Å². The van der Waals surface area contributed by atoms with Gasteiger partial charge in [-0.05, 0) is 36.3 Å². The zero-order valence-electron chi connectivity index (χ0n) is 9.35. The summed E-state index contributed by atoms with van der Waals surface area (Å²) in [6, 6.07) is 6.58. The van der Waals surface area contributed by atoms with E-state index in [9.17, 15) is 0 Å². The third kappa shape index (κ3) is 2.25. The van der Waals surface area contributed by atoms with Gasteiger partial charge in [-0.25, -0.2) is 4.98 Å². The Bertz CT molecular complexity index is 536. The molecule has 3 rings (SSSR count). The van der Waals surface area contributed by atoms with Gasteiger partial charge in [0, 0.05) is 15.8 Å². The molecule has 0 bridgehead atoms. The van der Waals surface area contributed by atoms with Crippen molar-refractivity contribution >= 4 is 23.1 Å². The summed E-state index contributed by atoms with van der Waals surface area (Å²) in [5, 5.41) is 11.8. The second kappa shape index (κ2) is 4.80. The van der Waals surface area contributed by atoms with Crippen molar-refractivity contribution in [3.8, 4) is 11.3 Å². The van der Waals surface area contributed by atoms with Crippen LogP contribution in [0.25, 0.3) is 11.3 Å². The van der Waals surface area contributed by atoms with Gasteiger partial charge in [0.1, 0.15) is 5.01 Å². The lowest BCUT2D eigenvalue weighted by molar-refractivity contribution is 0.281. The molecule has 0 radical (unpaired) electrons. The Balaban J connectivity index is 1.97. The summed E-state index contributed by atoms with van der Waals surface area (Å²) in [5.41, 5.74) is 3.59. The zero-order valence-corrected chi connectivity index (χ0v) is 11.0. The molecule has 2 nitrogen and oxygen atoms in total. The Hall–Kier alpha value is -0.840. The molecular weight excluding hydrogens is 250 g/mol. The van der Waals surface area contributed by atoms with Gasteiger partial charge in [0.2, 0.25) is 0 Å². The molecule has 17 heavy (non-hydrogen) atoms. The van der Waals surface area contributed by atoms with Crippen LogP contribution in [0.3, 0.4) is 0 Å². The van der Waals surface area contributed by atoms with E-state index in [-0.39, 0.29) is 6.61 Å². The molecule has 4 heteroatoms. The van der Waals surface area contributed by atoms with Crippen molar-refractivity contribution in [2.45, 2.75) is 24.3 Å². The summed E-state index contributed by atoms with van der Waals surface area (Å²) in [6.45, 7) is 0.0332. The number of aromatic nitrogens is 1. The number of hydrogen-bond acceptors (Lipinski definition) is 4. The third-order valence-corrected chi connectivity index (χ3v) is 4.93. The number of thioether (sulfide) groups is 1. The van der Waals surface area contributed by atoms with E-state index in [2.05, 4.69) is 23.2 Å². The van der Waals surface area contributed by atoms with Crippen molar-refractivity contribution < 1.29 is 5.11 Å². The summed E-state index contributed by atoms with van der Waals surface area (Å²) in [7, 11) is 0. The molecule has 0 spiro atoms. The highest BCUT2D eigenvalue weighted by molar-refractivity contribution is 7.99. The molecular formula is C13H13NOS2. The van der Waals surface area contributed by atoms with Gasteiger partial charge in [-0.2, -0.15) is 0 Å². The van der Waals surface area contributed by atoms with E-state index in [0.29, 0.717) is 0 Å². The number of fused-ring (bicyclic) bond motifs is 1. The quantitative estimate of drug-likeness (QED) is 0.902. The molecule has 0 amide bonds. The standard InChI is InChI=1S/C13H13NOS2/c15-7-13-14-11(8-17-13)9-3-4-12-10(6-9)2-1-5-16-12/h3-4,6,8,15H,1-2,5,7H2. The zero-order chi connectivity index (χ0) is 11.7. The summed E-state index contributed by atoms with van der Waals surface area (Å²) < 4.78 is 0. The van der Waals surface area contributed by atoms with Crippen molar-refractivity contribution in [2.24, 2.45) is 0 Å². The number of aliphatic hydroxyl groups is 1. The Morgan fingerprint density at radius 1 is 1.35 bits per heavy atom. The highest BCUT2D eigenvalue weighted by Gasteiger charge is 2.11. The lowest BCUT2D eigenvalue weighted by Gasteiger charge is -2.15. The second-order valence-corrected chi connectivity index (χ2v) is 6.14. The van der Waals surface area contributed by atoms with Gasteiger partial charge < -0.3 is 5.11 Å². The fourth-order valence-electron chi connectivity index (χ4n) is 2.04. The van der Waals surface area contributed by atoms with Crippen molar-refractivity contribution in [1.82, 2.24) is 4.98 Å². The fourth-order valence-corrected chi connectivity index (χ4v) is 3.72. The van der Waals surface area contributed by atoms with E-state index < -0.39 is 0 Å². The maximum Gasteiger partial charge on any atom is 0.119 e. The third-order valence-electron chi connectivity index (χ3n) is 2.89. The number of hydrogen-bond donors (Lipinski definition) is 1. The van der Waals surface area contributed by atoms with Crippen molar-refractivity contribution in [3.05, 3.63) is 34.2 Å². The number of benzene rings is 1. The maximum absolute atomic E-state index is 9.03. The highest BCUT2D eigenvalue weighted by Crippen LogP contribution is 2.33. The fraction of sp³-hybridized carbons (Fsp3) is 0.308. The average Bonchev–Trinajstić information content (AvgIpc) is 2.87. The second-order valence-electron chi connectivity index (χ2n) is 4.06. The van der Waals surface area contributed by atoms with Crippen molar-refractivity contribution in [1.29, 1.82) is 0 Å². The van der Waals surface area contributed by atoms with Crippen LogP contribution in [0.4, 0.5) is 0 Å². The summed E-state index contributed by atoms with van der Waals surface area (Å²) >= 11 is 3.46. The minimum atomic E-state index is 0.0332. The Labute approximate surface area is 109 Å². The smallest absolute Gasteiger partial charge is 0.119 e. The lowest BCUT2D eigenvalue weighted by Crippen LogP contribution is -1.98. The van der Waals surface area contributed by atoms with Crippen LogP contribution in [-0.2, 0) is 13.0 Å². The monoisotopic (exact) mass is 263 g/mol. The van der Waals surface area contributed by atoms with E-state index in [4.69, 9.17) is 5.11 Å². The van der Waals surface area contributed by atoms with E-state index in [1.54, 1.807) is 0 Å². The van der Waals surface area contributed by atoms with Gasteiger partial charge >= 0.3 is 0 Å². The number of aliphatic hydroxyl groups excluding tert-OH is 1. The molecule has 2 heterocycles. The van der Waals surface area contributed by atoms with Crippen LogP contribution >= 0.6 is 23.1 Å². The first-order chi connectivity index (χ1) is 8.36. The van der Waals surface area contributed by atoms with Crippen LogP contribution in [0, 0.1) is 0 Å². The molecule has 1 aromatic carbocycles. The minimum absolute atomic E-state index is 0.0332. The molecule has 88 valence electrons. The molecule has 0 saturated heterocycles. The molecule has 0 aliphatic carbocycles. The first-order valence-corrected chi connectivity index (χ1v) is 7.55. The van der Waals surface area contributed by atoms with Crippen molar-refractivity contribution in [2.75, 3.05) is 5.75 Å². The van der Waals surface area contributed by atoms with Crippen LogP contribution in [0.1, 0.15) is 17.0 Å². The summed E-state index contributed by atoms with van der Waals surface area (Å²) in [6.07, 6.45) is 2.44. The predicted octanol–water partition coefficient (Wildman–Crippen LogP) is 3.34. The van der Waals surface area contributed by atoms with E-state index >= 15 is 0 Å². The Morgan fingerprint density at radius 3 is 3.12 bits per heavy atom. The molecule has 0 fully saturated rings. The van der Waals surface area contributed by atoms with Gasteiger partial charge in [-0.1, -0.05) is 6.07 Å². The van der Waals surface area contributed by atoms with Gasteiger partial charge in [-0.3, -0.25) is 0 Å². The SMILES string of the molecule is OCc1nc(-c2ccc3c(c2)CCCS3)cs1. The van der Waals surface area contributed by atoms with Crippen LogP contribution < -0.4 is 0 Å². The van der Waals surface area contributed by atoms with Crippen molar-refractivity contribution in [3.63, 3.8) is 0 Å². The molecule has 1 aromatic heterocycles. The molecule has 2 aromatic rings. The van der Waals surface area contributed by atoms with E-state index in [0.717, 1.165) is 10.7 Å². The molecule has 0 unspecified atom stereocenters. The Morgan fingerprint density at radius 2 is 2.29 bits per heavy atom. The number of nitrogens with zero attached hydrogens (tertiary/aromatic N) is 1. The van der Waals surface area contributed by atoms with Gasteiger partial charge in [0.25, 0.3) is 0 Å². The molecule has 0 atom stereocenters. The first-order valence-electron chi connectivity index (χ1n) is 5.68.